The Morgan fingerprint density at radius 1 is 0.698 bits per heavy atom. The number of likely N-dealkylation sites (tertiary alicyclic amines) is 1. The average molecular weight is 721 g/mol. The number of aromatic nitrogens is 2. The molecule has 53 heavy (non-hydrogen) atoms. The van der Waals surface area contributed by atoms with E-state index < -0.39 is 5.60 Å². The summed E-state index contributed by atoms with van der Waals surface area (Å²) in [4.78, 5) is 22.7. The third kappa shape index (κ3) is 10.6. The Labute approximate surface area is 313 Å². The van der Waals surface area contributed by atoms with Crippen LogP contribution in [0.5, 0.6) is 23.0 Å². The normalized spacial score (nSPS) is 23.9. The van der Waals surface area contributed by atoms with E-state index in [1.54, 1.807) is 17.3 Å². The number of ether oxygens (including phenoxy) is 5. The molecule has 0 bridgehead atoms. The van der Waals surface area contributed by atoms with Crippen molar-refractivity contribution in [3.63, 3.8) is 0 Å². The first kappa shape index (κ1) is 36.5. The Balaban J connectivity index is 0.000000170. The standard InChI is InChI=1S/C24H30N2O4.C19H22N2O2/c1-24(2,3)30-23(27)26-10-9-19(26)16-29-21-11-17(13-25-14-21)22-12-18(22)15-28-20-7-5-4-6-8-20;1-2-4-17(5-3-1)22-12-15-9-19(15)14-8-18(11-20-10-14)23-13-16-6-7-21-16/h4-8,11,13-14,18-19,22H,9-10,12,15-16H2,1-3H3;1-5,8,10-11,15-16,19,21H,6-7,9,12-13H2/t18-,19+,22-;15-,16+,19-/m11/s1. The fourth-order valence-corrected chi connectivity index (χ4v) is 6.61. The highest BCUT2D eigenvalue weighted by molar-refractivity contribution is 5.69. The van der Waals surface area contributed by atoms with Gasteiger partial charge in [0, 0.05) is 36.8 Å². The molecule has 4 fully saturated rings. The number of pyridine rings is 2. The van der Waals surface area contributed by atoms with Crippen LogP contribution < -0.4 is 24.3 Å². The van der Waals surface area contributed by atoms with Gasteiger partial charge in [0.2, 0.25) is 0 Å². The van der Waals surface area contributed by atoms with Gasteiger partial charge < -0.3 is 33.9 Å². The second kappa shape index (κ2) is 16.9. The molecule has 10 nitrogen and oxygen atoms in total. The van der Waals surface area contributed by atoms with Gasteiger partial charge in [-0.3, -0.25) is 9.97 Å². The fourth-order valence-electron chi connectivity index (χ4n) is 6.61. The summed E-state index contributed by atoms with van der Waals surface area (Å²) in [5.41, 5.74) is 1.97. The minimum Gasteiger partial charge on any atom is -0.493 e. The van der Waals surface area contributed by atoms with E-state index >= 15 is 0 Å². The van der Waals surface area contributed by atoms with Crippen molar-refractivity contribution >= 4 is 6.09 Å². The number of carbonyl (C=O) groups excluding carboxylic acids is 1. The summed E-state index contributed by atoms with van der Waals surface area (Å²) in [6.07, 6.45) is 11.5. The van der Waals surface area contributed by atoms with Crippen molar-refractivity contribution in [3.8, 4) is 23.0 Å². The molecule has 2 aromatic carbocycles. The van der Waals surface area contributed by atoms with Crippen LogP contribution in [0, 0.1) is 11.8 Å². The number of hydrogen-bond acceptors (Lipinski definition) is 9. The quantitative estimate of drug-likeness (QED) is 0.141. The van der Waals surface area contributed by atoms with Gasteiger partial charge in [-0.1, -0.05) is 36.4 Å². The summed E-state index contributed by atoms with van der Waals surface area (Å²) in [6.45, 7) is 10.1. The molecule has 10 heteroatoms. The molecule has 280 valence electrons. The molecule has 1 N–H and O–H groups in total. The molecular formula is C43H52N4O6. The molecule has 0 radical (unpaired) electrons. The molecule has 6 atom stereocenters. The number of carbonyl (C=O) groups is 1. The smallest absolute Gasteiger partial charge is 0.410 e. The van der Waals surface area contributed by atoms with E-state index in [4.69, 9.17) is 23.7 Å². The van der Waals surface area contributed by atoms with Crippen molar-refractivity contribution in [3.05, 3.63) is 109 Å². The van der Waals surface area contributed by atoms with Crippen LogP contribution in [0.4, 0.5) is 4.79 Å². The highest BCUT2D eigenvalue weighted by Crippen LogP contribution is 2.49. The molecule has 8 rings (SSSR count). The van der Waals surface area contributed by atoms with Gasteiger partial charge >= 0.3 is 6.09 Å². The molecule has 2 saturated heterocycles. The maximum atomic E-state index is 12.2. The Morgan fingerprint density at radius 2 is 1.21 bits per heavy atom. The minimum atomic E-state index is -0.485. The molecule has 2 saturated carbocycles. The lowest BCUT2D eigenvalue weighted by Crippen LogP contribution is -2.55. The van der Waals surface area contributed by atoms with Crippen molar-refractivity contribution in [2.75, 3.05) is 39.5 Å². The number of amides is 1. The molecule has 2 aliphatic carbocycles. The van der Waals surface area contributed by atoms with Gasteiger partial charge in [0.1, 0.15) is 41.8 Å². The molecule has 2 aliphatic heterocycles. The summed E-state index contributed by atoms with van der Waals surface area (Å²) in [6, 6.07) is 24.7. The summed E-state index contributed by atoms with van der Waals surface area (Å²) in [5, 5.41) is 3.34. The van der Waals surface area contributed by atoms with Gasteiger partial charge in [-0.15, -0.1) is 0 Å². The number of rotatable bonds is 14. The van der Waals surface area contributed by atoms with Gasteiger partial charge in [-0.25, -0.2) is 4.79 Å². The molecule has 4 aromatic rings. The van der Waals surface area contributed by atoms with Crippen LogP contribution in [0.1, 0.15) is 69.4 Å². The van der Waals surface area contributed by atoms with Gasteiger partial charge in [-0.05, 0) is 112 Å². The Hall–Kier alpha value is -4.83. The van der Waals surface area contributed by atoms with Crippen molar-refractivity contribution in [1.29, 1.82) is 0 Å². The summed E-state index contributed by atoms with van der Waals surface area (Å²) in [7, 11) is 0. The molecule has 0 spiro atoms. The van der Waals surface area contributed by atoms with Crippen LogP contribution in [-0.4, -0.2) is 78.2 Å². The van der Waals surface area contributed by atoms with E-state index in [0.717, 1.165) is 55.6 Å². The number of nitrogens with zero attached hydrogens (tertiary/aromatic N) is 3. The third-order valence-electron chi connectivity index (χ3n) is 10.2. The van der Waals surface area contributed by atoms with E-state index in [9.17, 15) is 4.79 Å². The van der Waals surface area contributed by atoms with Crippen LogP contribution in [0.3, 0.4) is 0 Å². The molecule has 0 unspecified atom stereocenters. The average Bonchev–Trinajstić information content (AvgIpc) is 4.06. The Morgan fingerprint density at radius 3 is 1.66 bits per heavy atom. The first-order chi connectivity index (χ1) is 25.8. The largest absolute Gasteiger partial charge is 0.493 e. The molecule has 4 aliphatic rings. The zero-order valence-corrected chi connectivity index (χ0v) is 31.1. The van der Waals surface area contributed by atoms with Gasteiger partial charge in [0.05, 0.1) is 31.6 Å². The van der Waals surface area contributed by atoms with E-state index in [1.165, 1.54) is 24.0 Å². The lowest BCUT2D eigenvalue weighted by molar-refractivity contribution is -0.0141. The minimum absolute atomic E-state index is 0.0523. The van der Waals surface area contributed by atoms with Crippen molar-refractivity contribution < 1.29 is 28.5 Å². The topological polar surface area (TPSA) is 104 Å². The predicted octanol–water partition coefficient (Wildman–Crippen LogP) is 7.66. The first-order valence-corrected chi connectivity index (χ1v) is 19.0. The third-order valence-corrected chi connectivity index (χ3v) is 10.2. The maximum absolute atomic E-state index is 12.2. The van der Waals surface area contributed by atoms with E-state index in [2.05, 4.69) is 27.4 Å². The first-order valence-electron chi connectivity index (χ1n) is 19.0. The van der Waals surface area contributed by atoms with Crippen LogP contribution >= 0.6 is 0 Å². The fraction of sp³-hybridized carbons (Fsp3) is 0.465. The highest BCUT2D eigenvalue weighted by atomic mass is 16.6. The van der Waals surface area contributed by atoms with Crippen LogP contribution in [0.2, 0.25) is 0 Å². The lowest BCUT2D eigenvalue weighted by Gasteiger charge is -2.40. The van der Waals surface area contributed by atoms with Crippen LogP contribution in [0.15, 0.2) is 97.6 Å². The van der Waals surface area contributed by atoms with Crippen molar-refractivity contribution in [2.24, 2.45) is 11.8 Å². The Bertz CT molecular complexity index is 1770. The second-order valence-corrected chi connectivity index (χ2v) is 15.5. The lowest BCUT2D eigenvalue weighted by atomic mass is 10.1. The summed E-state index contributed by atoms with van der Waals surface area (Å²) >= 11 is 0. The van der Waals surface area contributed by atoms with Crippen LogP contribution in [-0.2, 0) is 4.74 Å². The Kier molecular flexibility index (Phi) is 11.6. The van der Waals surface area contributed by atoms with Crippen molar-refractivity contribution in [1.82, 2.24) is 20.2 Å². The predicted molar refractivity (Wildman–Crippen MR) is 203 cm³/mol. The van der Waals surface area contributed by atoms with Gasteiger partial charge in [0.25, 0.3) is 0 Å². The van der Waals surface area contributed by atoms with Gasteiger partial charge in [0.15, 0.2) is 0 Å². The number of benzene rings is 2. The monoisotopic (exact) mass is 720 g/mol. The molecular weight excluding hydrogens is 668 g/mol. The van der Waals surface area contributed by atoms with E-state index in [1.807, 2.05) is 93.8 Å². The second-order valence-electron chi connectivity index (χ2n) is 15.5. The van der Waals surface area contributed by atoms with Crippen LogP contribution in [0.25, 0.3) is 0 Å². The maximum Gasteiger partial charge on any atom is 0.410 e. The summed E-state index contributed by atoms with van der Waals surface area (Å²) in [5.74, 6) is 5.60. The molecule has 1 amide bonds. The zero-order valence-electron chi connectivity index (χ0n) is 31.1. The van der Waals surface area contributed by atoms with Gasteiger partial charge in [-0.2, -0.15) is 0 Å². The number of hydrogen-bond donors (Lipinski definition) is 1. The van der Waals surface area contributed by atoms with E-state index in [0.29, 0.717) is 49.5 Å². The molecule has 2 aromatic heterocycles. The van der Waals surface area contributed by atoms with E-state index in [-0.39, 0.29) is 12.1 Å². The molecule has 4 heterocycles. The SMILES string of the molecule is CC(C)(C)OC(=O)N1CC[C@H]1COc1cncc([C@H]2C[C@@H]2COc2ccccc2)c1.c1ccc(OC[C@H]2C[C@@H]2c2cncc(OC[C@@H]3CCN3)c2)cc1. The highest BCUT2D eigenvalue weighted by Gasteiger charge is 2.40. The number of nitrogens with one attached hydrogen (secondary N) is 1. The number of para-hydroxylation sites is 2. The zero-order chi connectivity index (χ0) is 36.6. The van der Waals surface area contributed by atoms with Crippen molar-refractivity contribution in [2.45, 2.75) is 76.0 Å². The summed E-state index contributed by atoms with van der Waals surface area (Å²) < 4.78 is 29.0.